The lowest BCUT2D eigenvalue weighted by Gasteiger charge is -2.15. The first kappa shape index (κ1) is 15.9. The number of amides is 2. The number of nitrogens with one attached hydrogen (secondary N) is 2. The van der Waals surface area contributed by atoms with E-state index in [0.29, 0.717) is 39.1 Å². The number of hydrogen-bond acceptors (Lipinski definition) is 4. The highest BCUT2D eigenvalue weighted by molar-refractivity contribution is 6.07. The van der Waals surface area contributed by atoms with E-state index in [4.69, 9.17) is 9.47 Å². The molecule has 1 fully saturated rings. The van der Waals surface area contributed by atoms with E-state index in [1.165, 1.54) is 0 Å². The van der Waals surface area contributed by atoms with Gasteiger partial charge in [0.25, 0.3) is 0 Å². The van der Waals surface area contributed by atoms with Crippen LogP contribution in [0.25, 0.3) is 0 Å². The highest BCUT2D eigenvalue weighted by atomic mass is 16.5. The molecular weight excluding hydrogens is 248 g/mol. The lowest BCUT2D eigenvalue weighted by atomic mass is 10.1. The first-order chi connectivity index (χ1) is 9.17. The van der Waals surface area contributed by atoms with Gasteiger partial charge in [-0.15, -0.1) is 0 Å². The lowest BCUT2D eigenvalue weighted by Crippen LogP contribution is -2.43. The van der Waals surface area contributed by atoms with E-state index in [1.54, 1.807) is 14.2 Å². The van der Waals surface area contributed by atoms with E-state index in [0.717, 1.165) is 12.8 Å². The molecule has 1 saturated carbocycles. The minimum atomic E-state index is -0.819. The Labute approximate surface area is 114 Å². The van der Waals surface area contributed by atoms with Gasteiger partial charge < -0.3 is 20.1 Å². The molecule has 0 unspecified atom stereocenters. The van der Waals surface area contributed by atoms with Crippen LogP contribution in [0.15, 0.2) is 0 Å². The molecule has 1 aliphatic carbocycles. The molecule has 0 atom stereocenters. The summed E-state index contributed by atoms with van der Waals surface area (Å²) in [6.45, 7) is 2.31. The molecule has 6 nitrogen and oxygen atoms in total. The molecule has 0 heterocycles. The van der Waals surface area contributed by atoms with E-state index in [9.17, 15) is 9.59 Å². The maximum atomic E-state index is 12.0. The molecule has 19 heavy (non-hydrogen) atoms. The van der Waals surface area contributed by atoms with Crippen LogP contribution in [0.3, 0.4) is 0 Å². The first-order valence-electron chi connectivity index (χ1n) is 6.72. The van der Waals surface area contributed by atoms with Crippen LogP contribution in [0.2, 0.25) is 0 Å². The SMILES string of the molecule is COCCCNC(=O)C1(C(=O)NCCCOC)CC1. The second-order valence-electron chi connectivity index (χ2n) is 4.79. The zero-order valence-corrected chi connectivity index (χ0v) is 11.8. The molecule has 1 rings (SSSR count). The predicted octanol–water partition coefficient (Wildman–Crippen LogP) is 0.0720. The molecule has 2 N–H and O–H groups in total. The van der Waals surface area contributed by atoms with Crippen molar-refractivity contribution >= 4 is 11.8 Å². The van der Waals surface area contributed by atoms with Crippen LogP contribution in [-0.4, -0.2) is 52.3 Å². The van der Waals surface area contributed by atoms with Gasteiger partial charge in [-0.25, -0.2) is 0 Å². The standard InChI is InChI=1S/C13H24N2O4/c1-18-9-3-7-14-11(16)13(5-6-13)12(17)15-8-4-10-19-2/h3-10H2,1-2H3,(H,14,16)(H,15,17). The molecule has 6 heteroatoms. The lowest BCUT2D eigenvalue weighted by molar-refractivity contribution is -0.137. The molecule has 110 valence electrons. The molecule has 0 aromatic carbocycles. The van der Waals surface area contributed by atoms with Crippen molar-refractivity contribution in [3.63, 3.8) is 0 Å². The highest BCUT2D eigenvalue weighted by Crippen LogP contribution is 2.46. The van der Waals surface area contributed by atoms with Crippen molar-refractivity contribution in [1.82, 2.24) is 10.6 Å². The van der Waals surface area contributed by atoms with Crippen molar-refractivity contribution in [2.45, 2.75) is 25.7 Å². The number of rotatable bonds is 10. The van der Waals surface area contributed by atoms with Gasteiger partial charge >= 0.3 is 0 Å². The Morgan fingerprint density at radius 2 is 1.37 bits per heavy atom. The fourth-order valence-electron chi connectivity index (χ4n) is 1.86. The van der Waals surface area contributed by atoms with Crippen LogP contribution in [0.4, 0.5) is 0 Å². The van der Waals surface area contributed by atoms with Crippen LogP contribution < -0.4 is 10.6 Å². The van der Waals surface area contributed by atoms with Crippen LogP contribution in [0.5, 0.6) is 0 Å². The normalized spacial score (nSPS) is 15.9. The smallest absolute Gasteiger partial charge is 0.235 e. The maximum Gasteiger partial charge on any atom is 0.235 e. The molecule has 0 radical (unpaired) electrons. The van der Waals surface area contributed by atoms with E-state index in [2.05, 4.69) is 10.6 Å². The predicted molar refractivity (Wildman–Crippen MR) is 70.7 cm³/mol. The summed E-state index contributed by atoms with van der Waals surface area (Å²) in [7, 11) is 3.25. The Balaban J connectivity index is 2.26. The number of carbonyl (C=O) groups excluding carboxylic acids is 2. The van der Waals surface area contributed by atoms with E-state index in [-0.39, 0.29) is 11.8 Å². The summed E-state index contributed by atoms with van der Waals surface area (Å²) in [4.78, 5) is 24.0. The van der Waals surface area contributed by atoms with E-state index in [1.807, 2.05) is 0 Å². The molecular formula is C13H24N2O4. The molecule has 0 aromatic rings. The summed E-state index contributed by atoms with van der Waals surface area (Å²) in [5.41, 5.74) is -0.819. The Morgan fingerprint density at radius 3 is 1.68 bits per heavy atom. The average molecular weight is 272 g/mol. The Morgan fingerprint density at radius 1 is 0.947 bits per heavy atom. The number of methoxy groups -OCH3 is 2. The first-order valence-corrected chi connectivity index (χ1v) is 6.72. The average Bonchev–Trinajstić information content (AvgIpc) is 3.21. The highest BCUT2D eigenvalue weighted by Gasteiger charge is 2.56. The Kier molecular flexibility index (Phi) is 6.80. The molecule has 1 aliphatic rings. The maximum absolute atomic E-state index is 12.0. The second-order valence-corrected chi connectivity index (χ2v) is 4.79. The largest absolute Gasteiger partial charge is 0.385 e. The van der Waals surface area contributed by atoms with Crippen LogP contribution >= 0.6 is 0 Å². The zero-order valence-electron chi connectivity index (χ0n) is 11.8. The molecule has 0 aliphatic heterocycles. The third-order valence-corrected chi connectivity index (χ3v) is 3.24. The van der Waals surface area contributed by atoms with Gasteiger partial charge in [-0.3, -0.25) is 9.59 Å². The van der Waals surface area contributed by atoms with Crippen LogP contribution in [0.1, 0.15) is 25.7 Å². The van der Waals surface area contributed by atoms with E-state index >= 15 is 0 Å². The third-order valence-electron chi connectivity index (χ3n) is 3.24. The van der Waals surface area contributed by atoms with Gasteiger partial charge in [0.2, 0.25) is 11.8 Å². The number of ether oxygens (including phenoxy) is 2. The van der Waals surface area contributed by atoms with Crippen molar-refractivity contribution in [1.29, 1.82) is 0 Å². The van der Waals surface area contributed by atoms with Gasteiger partial charge in [-0.05, 0) is 25.7 Å². The topological polar surface area (TPSA) is 76.7 Å². The fraction of sp³-hybridized carbons (Fsp3) is 0.846. The van der Waals surface area contributed by atoms with Crippen molar-refractivity contribution < 1.29 is 19.1 Å². The zero-order chi connectivity index (χ0) is 14.1. The molecule has 0 aromatic heterocycles. The summed E-state index contributed by atoms with van der Waals surface area (Å²) in [5.74, 6) is -0.319. The van der Waals surface area contributed by atoms with Crippen molar-refractivity contribution in [3.05, 3.63) is 0 Å². The van der Waals surface area contributed by atoms with Crippen molar-refractivity contribution in [2.75, 3.05) is 40.5 Å². The second kappa shape index (κ2) is 8.12. The van der Waals surface area contributed by atoms with Gasteiger partial charge in [0.15, 0.2) is 0 Å². The summed E-state index contributed by atoms with van der Waals surface area (Å²) in [6.07, 6.45) is 2.79. The summed E-state index contributed by atoms with van der Waals surface area (Å²) in [6, 6.07) is 0. The van der Waals surface area contributed by atoms with Gasteiger partial charge in [-0.2, -0.15) is 0 Å². The summed E-state index contributed by atoms with van der Waals surface area (Å²) < 4.78 is 9.81. The number of hydrogen-bond donors (Lipinski definition) is 2. The molecule has 0 saturated heterocycles. The van der Waals surface area contributed by atoms with Gasteiger partial charge in [0.1, 0.15) is 5.41 Å². The molecule has 0 bridgehead atoms. The van der Waals surface area contributed by atoms with Crippen molar-refractivity contribution in [3.8, 4) is 0 Å². The minimum absolute atomic E-state index is 0.159. The Bertz CT molecular complexity index is 277. The fourth-order valence-corrected chi connectivity index (χ4v) is 1.86. The summed E-state index contributed by atoms with van der Waals surface area (Å²) >= 11 is 0. The summed E-state index contributed by atoms with van der Waals surface area (Å²) in [5, 5.41) is 5.60. The Hall–Kier alpha value is -1.14. The molecule has 2 amide bonds. The monoisotopic (exact) mass is 272 g/mol. The van der Waals surface area contributed by atoms with Gasteiger partial charge in [-0.1, -0.05) is 0 Å². The van der Waals surface area contributed by atoms with Gasteiger partial charge in [0.05, 0.1) is 0 Å². The van der Waals surface area contributed by atoms with Crippen LogP contribution in [-0.2, 0) is 19.1 Å². The van der Waals surface area contributed by atoms with Crippen molar-refractivity contribution in [2.24, 2.45) is 5.41 Å². The van der Waals surface area contributed by atoms with E-state index < -0.39 is 5.41 Å². The van der Waals surface area contributed by atoms with Gasteiger partial charge in [0, 0.05) is 40.5 Å². The minimum Gasteiger partial charge on any atom is -0.385 e. The van der Waals surface area contributed by atoms with Crippen LogP contribution in [0, 0.1) is 5.41 Å². The third kappa shape index (κ3) is 4.80. The molecule has 0 spiro atoms. The number of carbonyl (C=O) groups is 2. The quantitative estimate of drug-likeness (QED) is 0.436.